The molecule has 1 N–H and O–H groups in total. The van der Waals surface area contributed by atoms with Crippen molar-refractivity contribution in [1.82, 2.24) is 14.5 Å². The first-order valence-corrected chi connectivity index (χ1v) is 8.47. The minimum absolute atomic E-state index is 0.00254. The van der Waals surface area contributed by atoms with Crippen molar-refractivity contribution in [3.8, 4) is 0 Å². The highest BCUT2D eigenvalue weighted by atomic mass is 16.2. The van der Waals surface area contributed by atoms with Crippen LogP contribution >= 0.6 is 0 Å². The summed E-state index contributed by atoms with van der Waals surface area (Å²) < 4.78 is 1.88. The fourth-order valence-corrected chi connectivity index (χ4v) is 2.60. The van der Waals surface area contributed by atoms with Crippen LogP contribution in [0.15, 0.2) is 43.0 Å². The number of carbonyl (C=O) groups excluding carboxylic acids is 1. The molecule has 0 spiro atoms. The summed E-state index contributed by atoms with van der Waals surface area (Å²) in [5.74, 6) is 0.430. The summed E-state index contributed by atoms with van der Waals surface area (Å²) in [6, 6.07) is 7.87. The van der Waals surface area contributed by atoms with E-state index in [1.165, 1.54) is 5.56 Å². The molecule has 2 rings (SSSR count). The molecule has 1 unspecified atom stereocenters. The van der Waals surface area contributed by atoms with E-state index in [0.717, 1.165) is 25.1 Å². The van der Waals surface area contributed by atoms with Crippen LogP contribution in [0.2, 0.25) is 0 Å². The van der Waals surface area contributed by atoms with Crippen molar-refractivity contribution in [2.75, 3.05) is 26.0 Å². The van der Waals surface area contributed by atoms with Crippen LogP contribution in [0, 0.1) is 5.92 Å². The smallest absolute Gasteiger partial charge is 0.247 e. The third kappa shape index (κ3) is 5.49. The summed E-state index contributed by atoms with van der Waals surface area (Å²) >= 11 is 0. The number of hydrogen-bond acceptors (Lipinski definition) is 3. The molecule has 0 fully saturated rings. The zero-order valence-electron chi connectivity index (χ0n) is 15.1. The van der Waals surface area contributed by atoms with Gasteiger partial charge in [-0.05, 0) is 50.6 Å². The lowest BCUT2D eigenvalue weighted by Crippen LogP contribution is -2.26. The number of benzene rings is 1. The van der Waals surface area contributed by atoms with E-state index in [0.29, 0.717) is 5.92 Å². The Morgan fingerprint density at radius 1 is 1.25 bits per heavy atom. The lowest BCUT2D eigenvalue weighted by molar-refractivity contribution is -0.119. The molecule has 24 heavy (non-hydrogen) atoms. The van der Waals surface area contributed by atoms with E-state index in [9.17, 15) is 4.79 Å². The number of aromatic nitrogens is 2. The summed E-state index contributed by atoms with van der Waals surface area (Å²) in [5, 5.41) is 3.03. The van der Waals surface area contributed by atoms with Crippen molar-refractivity contribution >= 4 is 11.6 Å². The molecule has 0 aliphatic heterocycles. The summed E-state index contributed by atoms with van der Waals surface area (Å²) in [4.78, 5) is 18.9. The van der Waals surface area contributed by atoms with Crippen LogP contribution in [-0.4, -0.2) is 41.0 Å². The van der Waals surface area contributed by atoms with Gasteiger partial charge in [0.15, 0.2) is 0 Å². The van der Waals surface area contributed by atoms with Crippen molar-refractivity contribution in [2.24, 2.45) is 5.92 Å². The number of amides is 1. The van der Waals surface area contributed by atoms with Crippen LogP contribution in [0.25, 0.3) is 0 Å². The Morgan fingerprint density at radius 3 is 2.50 bits per heavy atom. The van der Waals surface area contributed by atoms with E-state index in [2.05, 4.69) is 55.3 Å². The van der Waals surface area contributed by atoms with Gasteiger partial charge in [-0.3, -0.25) is 4.79 Å². The van der Waals surface area contributed by atoms with Crippen molar-refractivity contribution in [1.29, 1.82) is 0 Å². The van der Waals surface area contributed by atoms with Crippen LogP contribution in [-0.2, 0) is 11.2 Å². The second kappa shape index (κ2) is 8.64. The molecule has 1 aromatic carbocycles. The van der Waals surface area contributed by atoms with Crippen LogP contribution in [0.4, 0.5) is 5.69 Å². The number of anilines is 1. The molecule has 0 saturated carbocycles. The Morgan fingerprint density at radius 2 is 1.96 bits per heavy atom. The third-order valence-electron chi connectivity index (χ3n) is 3.95. The van der Waals surface area contributed by atoms with E-state index >= 15 is 0 Å². The first-order valence-electron chi connectivity index (χ1n) is 8.47. The molecule has 1 amide bonds. The maximum Gasteiger partial charge on any atom is 0.247 e. The Bertz CT molecular complexity index is 617. The van der Waals surface area contributed by atoms with Gasteiger partial charge in [0.2, 0.25) is 5.91 Å². The Hall–Kier alpha value is -2.14. The first kappa shape index (κ1) is 18.2. The van der Waals surface area contributed by atoms with E-state index in [1.54, 1.807) is 12.5 Å². The number of rotatable bonds is 8. The molecule has 130 valence electrons. The summed E-state index contributed by atoms with van der Waals surface area (Å²) in [7, 11) is 4.14. The molecule has 5 nitrogen and oxygen atoms in total. The molecule has 0 saturated heterocycles. The normalized spacial score (nSPS) is 12.6. The van der Waals surface area contributed by atoms with Crippen LogP contribution in [0.3, 0.4) is 0 Å². The average Bonchev–Trinajstić information content (AvgIpc) is 3.05. The molecule has 0 aliphatic rings. The van der Waals surface area contributed by atoms with Gasteiger partial charge < -0.3 is 14.8 Å². The summed E-state index contributed by atoms with van der Waals surface area (Å²) in [6.07, 6.45) is 7.05. The van der Waals surface area contributed by atoms with Crippen molar-refractivity contribution in [3.05, 3.63) is 48.5 Å². The lowest BCUT2D eigenvalue weighted by Gasteiger charge is -2.20. The number of hydrogen-bond donors (Lipinski definition) is 1. The molecule has 1 atom stereocenters. The largest absolute Gasteiger partial charge is 0.325 e. The predicted molar refractivity (Wildman–Crippen MR) is 98.0 cm³/mol. The molecule has 1 heterocycles. The number of nitrogens with zero attached hydrogens (tertiary/aromatic N) is 3. The van der Waals surface area contributed by atoms with Crippen LogP contribution in [0.1, 0.15) is 31.9 Å². The summed E-state index contributed by atoms with van der Waals surface area (Å²) in [5.41, 5.74) is 2.11. The first-order chi connectivity index (χ1) is 11.5. The Kier molecular flexibility index (Phi) is 6.55. The fourth-order valence-electron chi connectivity index (χ4n) is 2.60. The quantitative estimate of drug-likeness (QED) is 0.809. The van der Waals surface area contributed by atoms with Gasteiger partial charge in [0.25, 0.3) is 0 Å². The number of carbonyl (C=O) groups is 1. The molecular weight excluding hydrogens is 300 g/mol. The number of nitrogens with one attached hydrogen (secondary N) is 1. The highest BCUT2D eigenvalue weighted by Gasteiger charge is 2.21. The third-order valence-corrected chi connectivity index (χ3v) is 3.95. The van der Waals surface area contributed by atoms with Gasteiger partial charge in [0.1, 0.15) is 6.04 Å². The fraction of sp³-hybridized carbons (Fsp3) is 0.474. The van der Waals surface area contributed by atoms with Crippen molar-refractivity contribution < 1.29 is 4.79 Å². The predicted octanol–water partition coefficient (Wildman–Crippen LogP) is 3.21. The SMILES string of the molecule is CC(C)CC(C(=O)Nc1ccc(CCN(C)C)cc1)n1ccnc1. The Balaban J connectivity index is 2.01. The zero-order chi connectivity index (χ0) is 17.5. The topological polar surface area (TPSA) is 50.2 Å². The molecule has 0 aliphatic carbocycles. The van der Waals surface area contributed by atoms with Gasteiger partial charge in [0, 0.05) is 24.6 Å². The van der Waals surface area contributed by atoms with E-state index < -0.39 is 0 Å². The van der Waals surface area contributed by atoms with Crippen molar-refractivity contribution in [2.45, 2.75) is 32.7 Å². The van der Waals surface area contributed by atoms with E-state index in [1.807, 2.05) is 22.9 Å². The number of imidazole rings is 1. The maximum absolute atomic E-state index is 12.7. The summed E-state index contributed by atoms with van der Waals surface area (Å²) in [6.45, 7) is 5.26. The Labute approximate surface area is 144 Å². The van der Waals surface area contributed by atoms with Gasteiger partial charge in [0.05, 0.1) is 6.33 Å². The van der Waals surface area contributed by atoms with Gasteiger partial charge in [-0.2, -0.15) is 0 Å². The number of likely N-dealkylation sites (N-methyl/N-ethyl adjacent to an activating group) is 1. The molecule has 0 radical (unpaired) electrons. The molecular formula is C19H28N4O. The van der Waals surface area contributed by atoms with Crippen molar-refractivity contribution in [3.63, 3.8) is 0 Å². The second-order valence-electron chi connectivity index (χ2n) is 6.89. The molecule has 5 heteroatoms. The van der Waals surface area contributed by atoms with E-state index in [-0.39, 0.29) is 11.9 Å². The van der Waals surface area contributed by atoms with Crippen LogP contribution in [0.5, 0.6) is 0 Å². The highest BCUT2D eigenvalue weighted by Crippen LogP contribution is 2.20. The van der Waals surface area contributed by atoms with Gasteiger partial charge in [-0.25, -0.2) is 4.98 Å². The minimum Gasteiger partial charge on any atom is -0.325 e. The molecule has 2 aromatic rings. The minimum atomic E-state index is -0.235. The lowest BCUT2D eigenvalue weighted by atomic mass is 10.0. The zero-order valence-corrected chi connectivity index (χ0v) is 15.1. The van der Waals surface area contributed by atoms with Gasteiger partial charge in [-0.1, -0.05) is 26.0 Å². The van der Waals surface area contributed by atoms with Gasteiger partial charge in [-0.15, -0.1) is 0 Å². The molecule has 0 bridgehead atoms. The second-order valence-corrected chi connectivity index (χ2v) is 6.89. The monoisotopic (exact) mass is 328 g/mol. The standard InChI is InChI=1S/C19H28N4O/c1-15(2)13-18(23-12-10-20-14-23)19(24)21-17-7-5-16(6-8-17)9-11-22(3)4/h5-8,10,12,14-15,18H,9,11,13H2,1-4H3,(H,21,24). The van der Waals surface area contributed by atoms with E-state index in [4.69, 9.17) is 0 Å². The van der Waals surface area contributed by atoms with Crippen LogP contribution < -0.4 is 5.32 Å². The average molecular weight is 328 g/mol. The molecule has 1 aromatic heterocycles. The van der Waals surface area contributed by atoms with Gasteiger partial charge >= 0.3 is 0 Å². The maximum atomic E-state index is 12.7. The highest BCUT2D eigenvalue weighted by molar-refractivity contribution is 5.93.